The molecule has 1 aliphatic rings. The Labute approximate surface area is 114 Å². The molecule has 2 aromatic carbocycles. The number of rotatable bonds is 4. The van der Waals surface area contributed by atoms with Crippen molar-refractivity contribution in [2.24, 2.45) is 0 Å². The van der Waals surface area contributed by atoms with E-state index < -0.39 is 0 Å². The van der Waals surface area contributed by atoms with Gasteiger partial charge >= 0.3 is 0 Å². The van der Waals surface area contributed by atoms with E-state index in [1.165, 1.54) is 16.8 Å². The third-order valence-corrected chi connectivity index (χ3v) is 3.86. The predicted octanol–water partition coefficient (Wildman–Crippen LogP) is 3.00. The maximum absolute atomic E-state index is 9.26. The highest BCUT2D eigenvalue weighted by atomic mass is 16.3. The first kappa shape index (κ1) is 12.2. The molecule has 2 nitrogen and oxygen atoms in total. The molecule has 1 unspecified atom stereocenters. The van der Waals surface area contributed by atoms with Gasteiger partial charge in [-0.1, -0.05) is 48.5 Å². The summed E-state index contributed by atoms with van der Waals surface area (Å²) in [5, 5.41) is 9.26. The van der Waals surface area contributed by atoms with Gasteiger partial charge in [0.15, 0.2) is 0 Å². The molecule has 0 aliphatic carbocycles. The normalized spacial score (nSPS) is 17.5. The number of hydrogen-bond donors (Lipinski definition) is 1. The van der Waals surface area contributed by atoms with E-state index in [4.69, 9.17) is 0 Å². The quantitative estimate of drug-likeness (QED) is 0.905. The van der Waals surface area contributed by atoms with E-state index in [-0.39, 0.29) is 6.61 Å². The van der Waals surface area contributed by atoms with Gasteiger partial charge in [0, 0.05) is 24.9 Å². The SMILES string of the molecule is OCCC1Cc2ccccc2N1Cc1ccccc1. The Hall–Kier alpha value is -1.80. The van der Waals surface area contributed by atoms with E-state index >= 15 is 0 Å². The third-order valence-electron chi connectivity index (χ3n) is 3.86. The molecule has 0 spiro atoms. The number of aliphatic hydroxyl groups excluding tert-OH is 1. The van der Waals surface area contributed by atoms with Crippen LogP contribution in [-0.2, 0) is 13.0 Å². The zero-order valence-electron chi connectivity index (χ0n) is 11.0. The summed E-state index contributed by atoms with van der Waals surface area (Å²) in [6, 6.07) is 19.5. The van der Waals surface area contributed by atoms with Gasteiger partial charge in [0.25, 0.3) is 0 Å². The number of anilines is 1. The molecule has 0 fully saturated rings. The molecule has 1 heterocycles. The monoisotopic (exact) mass is 253 g/mol. The lowest BCUT2D eigenvalue weighted by molar-refractivity contribution is 0.274. The molecular weight excluding hydrogens is 234 g/mol. The van der Waals surface area contributed by atoms with Gasteiger partial charge in [-0.05, 0) is 30.0 Å². The number of aliphatic hydroxyl groups is 1. The molecule has 0 saturated carbocycles. The first-order chi connectivity index (χ1) is 9.38. The summed E-state index contributed by atoms with van der Waals surface area (Å²) in [5.41, 5.74) is 4.05. The molecule has 3 rings (SSSR count). The molecule has 0 saturated heterocycles. The van der Waals surface area contributed by atoms with Crippen LogP contribution >= 0.6 is 0 Å². The second kappa shape index (κ2) is 5.45. The van der Waals surface area contributed by atoms with Gasteiger partial charge in [0.1, 0.15) is 0 Å². The number of hydrogen-bond acceptors (Lipinski definition) is 2. The average molecular weight is 253 g/mol. The first-order valence-corrected chi connectivity index (χ1v) is 6.88. The number of fused-ring (bicyclic) bond motifs is 1. The molecule has 2 aromatic rings. The molecule has 1 N–H and O–H groups in total. The van der Waals surface area contributed by atoms with E-state index in [1.54, 1.807) is 0 Å². The van der Waals surface area contributed by atoms with E-state index in [0.29, 0.717) is 6.04 Å². The number of nitrogens with zero attached hydrogens (tertiary/aromatic N) is 1. The Morgan fingerprint density at radius 3 is 2.53 bits per heavy atom. The van der Waals surface area contributed by atoms with Crippen LogP contribution in [0.25, 0.3) is 0 Å². The summed E-state index contributed by atoms with van der Waals surface area (Å²) < 4.78 is 0. The van der Waals surface area contributed by atoms with Crippen LogP contribution in [0.5, 0.6) is 0 Å². The third kappa shape index (κ3) is 2.49. The largest absolute Gasteiger partial charge is 0.396 e. The second-order valence-corrected chi connectivity index (χ2v) is 5.11. The average Bonchev–Trinajstić information content (AvgIpc) is 2.79. The van der Waals surface area contributed by atoms with Crippen LogP contribution < -0.4 is 4.90 Å². The van der Waals surface area contributed by atoms with Gasteiger partial charge in [-0.25, -0.2) is 0 Å². The van der Waals surface area contributed by atoms with E-state index in [1.807, 2.05) is 6.07 Å². The van der Waals surface area contributed by atoms with Crippen molar-refractivity contribution in [2.75, 3.05) is 11.5 Å². The molecule has 0 aromatic heterocycles. The first-order valence-electron chi connectivity index (χ1n) is 6.88. The molecule has 0 radical (unpaired) electrons. The summed E-state index contributed by atoms with van der Waals surface area (Å²) in [5.74, 6) is 0. The molecule has 1 aliphatic heterocycles. The smallest absolute Gasteiger partial charge is 0.0450 e. The molecule has 0 bridgehead atoms. The van der Waals surface area contributed by atoms with Crippen LogP contribution in [0.1, 0.15) is 17.5 Å². The van der Waals surface area contributed by atoms with E-state index in [2.05, 4.69) is 53.4 Å². The Morgan fingerprint density at radius 2 is 1.74 bits per heavy atom. The summed E-state index contributed by atoms with van der Waals surface area (Å²) in [7, 11) is 0. The van der Waals surface area contributed by atoms with Gasteiger partial charge in [0.2, 0.25) is 0 Å². The van der Waals surface area contributed by atoms with Crippen molar-refractivity contribution in [1.29, 1.82) is 0 Å². The van der Waals surface area contributed by atoms with Crippen molar-refractivity contribution < 1.29 is 5.11 Å². The second-order valence-electron chi connectivity index (χ2n) is 5.11. The van der Waals surface area contributed by atoms with Crippen LogP contribution in [-0.4, -0.2) is 17.8 Å². The zero-order chi connectivity index (χ0) is 13.1. The molecule has 0 amide bonds. The topological polar surface area (TPSA) is 23.5 Å². The van der Waals surface area contributed by atoms with Gasteiger partial charge in [-0.2, -0.15) is 0 Å². The van der Waals surface area contributed by atoms with E-state index in [0.717, 1.165) is 19.4 Å². The predicted molar refractivity (Wildman–Crippen MR) is 78.3 cm³/mol. The lowest BCUT2D eigenvalue weighted by atomic mass is 10.1. The summed E-state index contributed by atoms with van der Waals surface area (Å²) >= 11 is 0. The fourth-order valence-corrected chi connectivity index (χ4v) is 2.93. The number of para-hydroxylation sites is 1. The standard InChI is InChI=1S/C17H19NO/c19-11-10-16-12-15-8-4-5-9-17(15)18(16)13-14-6-2-1-3-7-14/h1-9,16,19H,10-13H2. The minimum Gasteiger partial charge on any atom is -0.396 e. The lowest BCUT2D eigenvalue weighted by Crippen LogP contribution is -2.32. The minimum absolute atomic E-state index is 0.254. The van der Waals surface area contributed by atoms with Crippen molar-refractivity contribution in [3.8, 4) is 0 Å². The van der Waals surface area contributed by atoms with Crippen LogP contribution in [0.15, 0.2) is 54.6 Å². The molecule has 2 heteroatoms. The van der Waals surface area contributed by atoms with Gasteiger partial charge in [-0.3, -0.25) is 0 Å². The molecular formula is C17H19NO. The Morgan fingerprint density at radius 1 is 1.00 bits per heavy atom. The highest BCUT2D eigenvalue weighted by Gasteiger charge is 2.28. The Bertz CT molecular complexity index is 538. The fourth-order valence-electron chi connectivity index (χ4n) is 2.93. The van der Waals surface area contributed by atoms with Crippen molar-refractivity contribution in [2.45, 2.75) is 25.4 Å². The van der Waals surface area contributed by atoms with Gasteiger partial charge < -0.3 is 10.0 Å². The lowest BCUT2D eigenvalue weighted by Gasteiger charge is -2.27. The highest BCUT2D eigenvalue weighted by Crippen LogP contribution is 2.34. The maximum atomic E-state index is 9.26. The molecule has 19 heavy (non-hydrogen) atoms. The molecule has 98 valence electrons. The van der Waals surface area contributed by atoms with Gasteiger partial charge in [0.05, 0.1) is 0 Å². The summed E-state index contributed by atoms with van der Waals surface area (Å²) in [6.07, 6.45) is 1.88. The van der Waals surface area contributed by atoms with Crippen LogP contribution in [0.2, 0.25) is 0 Å². The van der Waals surface area contributed by atoms with Crippen molar-refractivity contribution in [1.82, 2.24) is 0 Å². The van der Waals surface area contributed by atoms with E-state index in [9.17, 15) is 5.11 Å². The van der Waals surface area contributed by atoms with Crippen LogP contribution in [0.3, 0.4) is 0 Å². The van der Waals surface area contributed by atoms with Crippen molar-refractivity contribution >= 4 is 5.69 Å². The van der Waals surface area contributed by atoms with Crippen LogP contribution in [0, 0.1) is 0 Å². The highest BCUT2D eigenvalue weighted by molar-refractivity contribution is 5.59. The van der Waals surface area contributed by atoms with Crippen LogP contribution in [0.4, 0.5) is 5.69 Å². The minimum atomic E-state index is 0.254. The Balaban J connectivity index is 1.87. The maximum Gasteiger partial charge on any atom is 0.0450 e. The zero-order valence-corrected chi connectivity index (χ0v) is 11.0. The number of benzene rings is 2. The summed E-state index contributed by atoms with van der Waals surface area (Å²) in [4.78, 5) is 2.43. The summed E-state index contributed by atoms with van der Waals surface area (Å²) in [6.45, 7) is 1.17. The van der Waals surface area contributed by atoms with Crippen molar-refractivity contribution in [3.05, 3.63) is 65.7 Å². The Kier molecular flexibility index (Phi) is 3.51. The van der Waals surface area contributed by atoms with Crippen molar-refractivity contribution in [3.63, 3.8) is 0 Å². The molecule has 1 atom stereocenters. The van der Waals surface area contributed by atoms with Gasteiger partial charge in [-0.15, -0.1) is 0 Å². The fraction of sp³-hybridized carbons (Fsp3) is 0.294.